The monoisotopic (exact) mass is 266 g/mol. The summed E-state index contributed by atoms with van der Waals surface area (Å²) in [5.74, 6) is 0.614. The van der Waals surface area contributed by atoms with Gasteiger partial charge in [0.1, 0.15) is 5.82 Å². The van der Waals surface area contributed by atoms with Gasteiger partial charge >= 0.3 is 0 Å². The minimum absolute atomic E-state index is 0.208. The van der Waals surface area contributed by atoms with Crippen molar-refractivity contribution in [2.75, 3.05) is 5.32 Å². The van der Waals surface area contributed by atoms with Gasteiger partial charge in [-0.2, -0.15) is 0 Å². The normalized spacial score (nSPS) is 26.4. The zero-order valence-corrected chi connectivity index (χ0v) is 11.2. The van der Waals surface area contributed by atoms with Crippen LogP contribution >= 0.6 is 0 Å². The summed E-state index contributed by atoms with van der Waals surface area (Å²) in [6.45, 7) is 4.36. The van der Waals surface area contributed by atoms with Gasteiger partial charge in [0.25, 0.3) is 5.69 Å². The molecule has 1 aromatic rings. The van der Waals surface area contributed by atoms with Crippen LogP contribution in [-0.2, 0) is 0 Å². The predicted octanol–water partition coefficient (Wildman–Crippen LogP) is 3.97. The van der Waals surface area contributed by atoms with E-state index in [9.17, 15) is 14.5 Å². The Labute approximate surface area is 112 Å². The van der Waals surface area contributed by atoms with Crippen molar-refractivity contribution in [1.82, 2.24) is 0 Å². The molecule has 0 amide bonds. The summed E-state index contributed by atoms with van der Waals surface area (Å²) in [5.41, 5.74) is 0.292. The minimum atomic E-state index is -0.575. The molecule has 0 radical (unpaired) electrons. The Balaban J connectivity index is 2.13. The van der Waals surface area contributed by atoms with Gasteiger partial charge < -0.3 is 5.32 Å². The highest BCUT2D eigenvalue weighted by Gasteiger charge is 2.31. The second kappa shape index (κ2) is 5.55. The molecule has 1 aliphatic carbocycles. The molecule has 0 aliphatic heterocycles. The third kappa shape index (κ3) is 3.03. The molecular weight excluding hydrogens is 247 g/mol. The Kier molecular flexibility index (Phi) is 4.02. The van der Waals surface area contributed by atoms with Crippen LogP contribution in [0.3, 0.4) is 0 Å². The van der Waals surface area contributed by atoms with Gasteiger partial charge in [0.2, 0.25) is 0 Å². The van der Waals surface area contributed by atoms with Gasteiger partial charge in [0, 0.05) is 17.8 Å². The molecule has 1 aliphatic rings. The van der Waals surface area contributed by atoms with Crippen molar-refractivity contribution < 1.29 is 9.31 Å². The molecule has 0 aromatic heterocycles. The molecule has 19 heavy (non-hydrogen) atoms. The molecule has 0 bridgehead atoms. The summed E-state index contributed by atoms with van der Waals surface area (Å²) >= 11 is 0. The zero-order valence-electron chi connectivity index (χ0n) is 11.2. The lowest BCUT2D eigenvalue weighted by Crippen LogP contribution is -2.24. The van der Waals surface area contributed by atoms with Crippen LogP contribution in [0.1, 0.15) is 33.1 Å². The molecule has 1 saturated carbocycles. The molecule has 0 heterocycles. The first-order chi connectivity index (χ1) is 9.01. The Morgan fingerprint density at radius 3 is 2.74 bits per heavy atom. The maximum absolute atomic E-state index is 13.4. The van der Waals surface area contributed by atoms with Gasteiger partial charge in [0.15, 0.2) is 0 Å². The van der Waals surface area contributed by atoms with Gasteiger partial charge in [-0.25, -0.2) is 4.39 Å². The Morgan fingerprint density at radius 1 is 1.42 bits per heavy atom. The van der Waals surface area contributed by atoms with Crippen molar-refractivity contribution in [2.45, 2.75) is 39.2 Å². The molecule has 5 heteroatoms. The van der Waals surface area contributed by atoms with Gasteiger partial charge in [-0.3, -0.25) is 10.1 Å². The van der Waals surface area contributed by atoms with E-state index in [1.54, 1.807) is 0 Å². The van der Waals surface area contributed by atoms with Crippen LogP contribution in [0, 0.1) is 27.8 Å². The topological polar surface area (TPSA) is 55.2 Å². The van der Waals surface area contributed by atoms with Crippen LogP contribution in [0.15, 0.2) is 18.2 Å². The summed E-state index contributed by atoms with van der Waals surface area (Å²) in [7, 11) is 0. The first kappa shape index (κ1) is 13.8. The smallest absolute Gasteiger partial charge is 0.274 e. The summed E-state index contributed by atoms with van der Waals surface area (Å²) in [4.78, 5) is 10.1. The van der Waals surface area contributed by atoms with E-state index < -0.39 is 10.7 Å². The lowest BCUT2D eigenvalue weighted by atomic mass is 9.93. The number of anilines is 1. The molecular formula is C14H19FN2O2. The van der Waals surface area contributed by atoms with Crippen LogP contribution in [-0.4, -0.2) is 11.0 Å². The molecule has 0 spiro atoms. The van der Waals surface area contributed by atoms with Crippen LogP contribution in [0.2, 0.25) is 0 Å². The molecule has 104 valence electrons. The summed E-state index contributed by atoms with van der Waals surface area (Å²) < 4.78 is 13.4. The number of nitrogens with zero attached hydrogens (tertiary/aromatic N) is 1. The van der Waals surface area contributed by atoms with Crippen molar-refractivity contribution in [2.24, 2.45) is 11.8 Å². The van der Waals surface area contributed by atoms with Crippen molar-refractivity contribution in [3.8, 4) is 0 Å². The van der Waals surface area contributed by atoms with Crippen LogP contribution in [0.25, 0.3) is 0 Å². The summed E-state index contributed by atoms with van der Waals surface area (Å²) in [6.07, 6.45) is 3.33. The summed E-state index contributed by atoms with van der Waals surface area (Å²) in [5, 5.41) is 14.0. The minimum Gasteiger partial charge on any atom is -0.382 e. The second-order valence-electron chi connectivity index (χ2n) is 5.31. The molecule has 2 rings (SSSR count). The third-order valence-corrected chi connectivity index (χ3v) is 4.20. The summed E-state index contributed by atoms with van der Waals surface area (Å²) in [6, 6.07) is 3.93. The maximum atomic E-state index is 13.4. The lowest BCUT2D eigenvalue weighted by molar-refractivity contribution is -0.385. The average molecular weight is 266 g/mol. The van der Waals surface area contributed by atoms with E-state index in [-0.39, 0.29) is 11.7 Å². The molecule has 3 atom stereocenters. The highest BCUT2D eigenvalue weighted by Crippen LogP contribution is 2.36. The van der Waals surface area contributed by atoms with Crippen molar-refractivity contribution >= 4 is 11.4 Å². The number of non-ortho nitro benzene ring substituents is 1. The number of nitro groups is 1. The lowest BCUT2D eigenvalue weighted by Gasteiger charge is -2.22. The van der Waals surface area contributed by atoms with Gasteiger partial charge in [-0.15, -0.1) is 0 Å². The number of hydrogen-bond donors (Lipinski definition) is 1. The SMILES string of the molecule is CCC1CCC(Nc2cc(F)cc([N+](=O)[O-])c2)C1C. The highest BCUT2D eigenvalue weighted by atomic mass is 19.1. The standard InChI is InChI=1S/C14H19FN2O2/c1-3-10-4-5-14(9(10)2)16-12-6-11(15)7-13(8-12)17(18)19/h6-10,14,16H,3-5H2,1-2H3. The van der Waals surface area contributed by atoms with E-state index in [1.807, 2.05) is 0 Å². The fourth-order valence-corrected chi connectivity index (χ4v) is 3.00. The Hall–Kier alpha value is -1.65. The quantitative estimate of drug-likeness (QED) is 0.662. The Morgan fingerprint density at radius 2 is 2.16 bits per heavy atom. The molecule has 4 nitrogen and oxygen atoms in total. The van der Waals surface area contributed by atoms with Crippen LogP contribution in [0.5, 0.6) is 0 Å². The van der Waals surface area contributed by atoms with Crippen LogP contribution in [0.4, 0.5) is 15.8 Å². The van der Waals surface area contributed by atoms with E-state index in [1.165, 1.54) is 12.1 Å². The van der Waals surface area contributed by atoms with E-state index in [0.717, 1.165) is 25.3 Å². The second-order valence-corrected chi connectivity index (χ2v) is 5.31. The maximum Gasteiger partial charge on any atom is 0.274 e. The van der Waals surface area contributed by atoms with Crippen molar-refractivity contribution in [3.63, 3.8) is 0 Å². The molecule has 1 aromatic carbocycles. The third-order valence-electron chi connectivity index (χ3n) is 4.20. The van der Waals surface area contributed by atoms with Crippen molar-refractivity contribution in [1.29, 1.82) is 0 Å². The largest absolute Gasteiger partial charge is 0.382 e. The molecule has 3 unspecified atom stereocenters. The zero-order chi connectivity index (χ0) is 14.0. The predicted molar refractivity (Wildman–Crippen MR) is 72.6 cm³/mol. The van der Waals surface area contributed by atoms with Gasteiger partial charge in [-0.05, 0) is 30.7 Å². The first-order valence-corrected chi connectivity index (χ1v) is 6.72. The highest BCUT2D eigenvalue weighted by molar-refractivity contribution is 5.52. The number of nitrogens with one attached hydrogen (secondary N) is 1. The average Bonchev–Trinajstić information content (AvgIpc) is 2.70. The van der Waals surface area contributed by atoms with E-state index in [0.29, 0.717) is 17.5 Å². The van der Waals surface area contributed by atoms with E-state index >= 15 is 0 Å². The van der Waals surface area contributed by atoms with Gasteiger partial charge in [-0.1, -0.05) is 20.3 Å². The van der Waals surface area contributed by atoms with E-state index in [2.05, 4.69) is 19.2 Å². The van der Waals surface area contributed by atoms with Crippen LogP contribution < -0.4 is 5.32 Å². The van der Waals surface area contributed by atoms with Crippen molar-refractivity contribution in [3.05, 3.63) is 34.1 Å². The molecule has 1 fully saturated rings. The van der Waals surface area contributed by atoms with Gasteiger partial charge in [0.05, 0.1) is 11.0 Å². The number of halogens is 1. The van der Waals surface area contributed by atoms with E-state index in [4.69, 9.17) is 0 Å². The number of hydrogen-bond acceptors (Lipinski definition) is 3. The first-order valence-electron chi connectivity index (χ1n) is 6.72. The fraction of sp³-hybridized carbons (Fsp3) is 0.571. The fourth-order valence-electron chi connectivity index (χ4n) is 3.00. The molecule has 0 saturated heterocycles. The number of benzene rings is 1. The number of nitro benzene ring substituents is 1. The Bertz CT molecular complexity index is 479. The molecule has 1 N–H and O–H groups in total. The number of rotatable bonds is 4.